The maximum Gasteiger partial charge on any atom is 0.227 e. The summed E-state index contributed by atoms with van der Waals surface area (Å²) in [5, 5.41) is 0. The number of carbonyl (C=O) groups excluding carboxylic acids is 1. The Bertz CT molecular complexity index is 255. The number of rotatable bonds is 4. The van der Waals surface area contributed by atoms with Gasteiger partial charge < -0.3 is 10.6 Å². The van der Waals surface area contributed by atoms with Gasteiger partial charge >= 0.3 is 0 Å². The molecular formula is C14H28N2O. The van der Waals surface area contributed by atoms with Crippen molar-refractivity contribution in [1.29, 1.82) is 0 Å². The molecule has 1 saturated heterocycles. The van der Waals surface area contributed by atoms with Crippen LogP contribution in [0.5, 0.6) is 0 Å². The molecule has 0 aromatic rings. The van der Waals surface area contributed by atoms with E-state index in [1.165, 1.54) is 6.42 Å². The van der Waals surface area contributed by atoms with E-state index in [-0.39, 0.29) is 11.8 Å². The third kappa shape index (κ3) is 3.44. The molecule has 1 amide bonds. The Labute approximate surface area is 106 Å². The number of amides is 1. The summed E-state index contributed by atoms with van der Waals surface area (Å²) in [5.74, 6) is 1.52. The maximum atomic E-state index is 12.5. The van der Waals surface area contributed by atoms with E-state index in [9.17, 15) is 4.79 Å². The standard InChI is InChI=1S/C14H28N2O/c1-5-6-13(8-15)14(17)16-9-10(2)7-11(3)12(16)4/h10-13H,5-9,15H2,1-4H3. The quantitative estimate of drug-likeness (QED) is 0.819. The summed E-state index contributed by atoms with van der Waals surface area (Å²) in [6, 6.07) is 0.365. The molecule has 0 saturated carbocycles. The Morgan fingerprint density at radius 2 is 2.06 bits per heavy atom. The van der Waals surface area contributed by atoms with Crippen LogP contribution in [0.2, 0.25) is 0 Å². The molecule has 17 heavy (non-hydrogen) atoms. The molecule has 2 N–H and O–H groups in total. The molecule has 4 atom stereocenters. The van der Waals surface area contributed by atoms with Gasteiger partial charge in [-0.1, -0.05) is 27.2 Å². The van der Waals surface area contributed by atoms with E-state index in [0.29, 0.717) is 24.4 Å². The highest BCUT2D eigenvalue weighted by molar-refractivity contribution is 5.79. The summed E-state index contributed by atoms with van der Waals surface area (Å²) in [7, 11) is 0. The van der Waals surface area contributed by atoms with Crippen LogP contribution in [0.25, 0.3) is 0 Å². The molecule has 1 rings (SSSR count). The van der Waals surface area contributed by atoms with Crippen molar-refractivity contribution in [1.82, 2.24) is 4.90 Å². The van der Waals surface area contributed by atoms with E-state index < -0.39 is 0 Å². The average molecular weight is 240 g/mol. The molecule has 4 unspecified atom stereocenters. The molecule has 0 bridgehead atoms. The minimum atomic E-state index is 0.0277. The molecule has 1 aliphatic rings. The minimum absolute atomic E-state index is 0.0277. The predicted molar refractivity (Wildman–Crippen MR) is 71.6 cm³/mol. The lowest BCUT2D eigenvalue weighted by molar-refractivity contribution is -0.141. The van der Waals surface area contributed by atoms with E-state index in [4.69, 9.17) is 5.73 Å². The van der Waals surface area contributed by atoms with Gasteiger partial charge in [0.05, 0.1) is 5.92 Å². The highest BCUT2D eigenvalue weighted by Crippen LogP contribution is 2.28. The van der Waals surface area contributed by atoms with Crippen LogP contribution in [0.1, 0.15) is 47.0 Å². The van der Waals surface area contributed by atoms with Crippen LogP contribution in [0.4, 0.5) is 0 Å². The van der Waals surface area contributed by atoms with Gasteiger partial charge in [-0.25, -0.2) is 0 Å². The third-order valence-corrected chi connectivity index (χ3v) is 4.15. The first-order chi connectivity index (χ1) is 8.01. The number of carbonyl (C=O) groups is 1. The molecular weight excluding hydrogens is 212 g/mol. The number of hydrogen-bond acceptors (Lipinski definition) is 2. The summed E-state index contributed by atoms with van der Waals surface area (Å²) >= 11 is 0. The number of nitrogens with two attached hydrogens (primary N) is 1. The van der Waals surface area contributed by atoms with Crippen molar-refractivity contribution in [2.75, 3.05) is 13.1 Å². The van der Waals surface area contributed by atoms with E-state index in [0.717, 1.165) is 19.4 Å². The molecule has 100 valence electrons. The predicted octanol–water partition coefficient (Wildman–Crippen LogP) is 2.25. The molecule has 0 aromatic carbocycles. The fourth-order valence-corrected chi connectivity index (χ4v) is 2.93. The zero-order valence-electron chi connectivity index (χ0n) is 11.8. The average Bonchev–Trinajstić information content (AvgIpc) is 2.29. The number of likely N-dealkylation sites (tertiary alicyclic amines) is 1. The van der Waals surface area contributed by atoms with Crippen LogP contribution in [-0.2, 0) is 4.79 Å². The van der Waals surface area contributed by atoms with Crippen LogP contribution < -0.4 is 5.73 Å². The Hall–Kier alpha value is -0.570. The topological polar surface area (TPSA) is 46.3 Å². The molecule has 0 aliphatic carbocycles. The Morgan fingerprint density at radius 3 is 2.59 bits per heavy atom. The van der Waals surface area contributed by atoms with Crippen molar-refractivity contribution in [2.45, 2.75) is 53.0 Å². The lowest BCUT2D eigenvalue weighted by Gasteiger charge is -2.42. The van der Waals surface area contributed by atoms with Gasteiger partial charge in [-0.3, -0.25) is 4.79 Å². The number of piperidine rings is 1. The number of hydrogen-bond donors (Lipinski definition) is 1. The van der Waals surface area contributed by atoms with E-state index in [1.807, 2.05) is 0 Å². The molecule has 1 fully saturated rings. The van der Waals surface area contributed by atoms with Crippen molar-refractivity contribution in [2.24, 2.45) is 23.5 Å². The van der Waals surface area contributed by atoms with Crippen molar-refractivity contribution in [3.63, 3.8) is 0 Å². The van der Waals surface area contributed by atoms with Gasteiger partial charge in [0, 0.05) is 19.1 Å². The Morgan fingerprint density at radius 1 is 1.41 bits per heavy atom. The first-order valence-electron chi connectivity index (χ1n) is 7.01. The van der Waals surface area contributed by atoms with Crippen LogP contribution in [0.3, 0.4) is 0 Å². The van der Waals surface area contributed by atoms with Crippen molar-refractivity contribution in [3.8, 4) is 0 Å². The van der Waals surface area contributed by atoms with Gasteiger partial charge in [0.25, 0.3) is 0 Å². The van der Waals surface area contributed by atoms with Crippen molar-refractivity contribution in [3.05, 3.63) is 0 Å². The molecule has 3 heteroatoms. The van der Waals surface area contributed by atoms with E-state index in [1.54, 1.807) is 0 Å². The fraction of sp³-hybridized carbons (Fsp3) is 0.929. The number of nitrogens with zero attached hydrogens (tertiary/aromatic N) is 1. The molecule has 0 aromatic heterocycles. The molecule has 3 nitrogen and oxygen atoms in total. The van der Waals surface area contributed by atoms with Crippen molar-refractivity contribution >= 4 is 5.91 Å². The molecule has 1 heterocycles. The first kappa shape index (κ1) is 14.5. The molecule has 0 spiro atoms. The minimum Gasteiger partial charge on any atom is -0.339 e. The van der Waals surface area contributed by atoms with Crippen LogP contribution in [0.15, 0.2) is 0 Å². The largest absolute Gasteiger partial charge is 0.339 e. The van der Waals surface area contributed by atoms with Gasteiger partial charge in [0.2, 0.25) is 5.91 Å². The summed E-state index contributed by atoms with van der Waals surface area (Å²) in [6.45, 7) is 10.2. The maximum absolute atomic E-state index is 12.5. The molecule has 0 radical (unpaired) electrons. The Balaban J connectivity index is 2.71. The van der Waals surface area contributed by atoms with Gasteiger partial charge in [-0.05, 0) is 31.6 Å². The highest BCUT2D eigenvalue weighted by Gasteiger charge is 2.34. The SMILES string of the molecule is CCCC(CN)C(=O)N1CC(C)CC(C)C1C. The monoisotopic (exact) mass is 240 g/mol. The second-order valence-electron chi connectivity index (χ2n) is 5.77. The fourth-order valence-electron chi connectivity index (χ4n) is 2.93. The normalized spacial score (nSPS) is 31.4. The second-order valence-corrected chi connectivity index (χ2v) is 5.77. The summed E-state index contributed by atoms with van der Waals surface area (Å²) < 4.78 is 0. The second kappa shape index (κ2) is 6.39. The van der Waals surface area contributed by atoms with Gasteiger partial charge in [-0.2, -0.15) is 0 Å². The summed E-state index contributed by atoms with van der Waals surface area (Å²) in [6.07, 6.45) is 3.17. The van der Waals surface area contributed by atoms with E-state index in [2.05, 4.69) is 32.6 Å². The van der Waals surface area contributed by atoms with Crippen LogP contribution >= 0.6 is 0 Å². The zero-order valence-corrected chi connectivity index (χ0v) is 11.8. The summed E-state index contributed by atoms with van der Waals surface area (Å²) in [5.41, 5.74) is 5.73. The van der Waals surface area contributed by atoms with Gasteiger partial charge in [0.15, 0.2) is 0 Å². The Kier molecular flexibility index (Phi) is 5.44. The lowest BCUT2D eigenvalue weighted by Crippen LogP contribution is -2.51. The van der Waals surface area contributed by atoms with Crippen LogP contribution in [0, 0.1) is 17.8 Å². The van der Waals surface area contributed by atoms with Gasteiger partial charge in [-0.15, -0.1) is 0 Å². The lowest BCUT2D eigenvalue weighted by atomic mass is 9.85. The first-order valence-corrected chi connectivity index (χ1v) is 7.01. The van der Waals surface area contributed by atoms with E-state index >= 15 is 0 Å². The third-order valence-electron chi connectivity index (χ3n) is 4.15. The summed E-state index contributed by atoms with van der Waals surface area (Å²) in [4.78, 5) is 14.5. The van der Waals surface area contributed by atoms with Gasteiger partial charge in [0.1, 0.15) is 0 Å². The van der Waals surface area contributed by atoms with Crippen molar-refractivity contribution < 1.29 is 4.79 Å². The van der Waals surface area contributed by atoms with Crippen LogP contribution in [-0.4, -0.2) is 29.9 Å². The zero-order chi connectivity index (χ0) is 13.0. The molecule has 1 aliphatic heterocycles. The highest BCUT2D eigenvalue weighted by atomic mass is 16.2. The smallest absolute Gasteiger partial charge is 0.227 e.